The van der Waals surface area contributed by atoms with E-state index in [4.69, 9.17) is 193 Å². The molecule has 0 spiro atoms. The third-order valence-corrected chi connectivity index (χ3v) is 12.8. The molecule has 0 aliphatic carbocycles. The van der Waals surface area contributed by atoms with Gasteiger partial charge in [-0.3, -0.25) is 0 Å². The smallest absolute Gasteiger partial charge is 0.141 e. The summed E-state index contributed by atoms with van der Waals surface area (Å²) in [5.74, 6) is 0. The van der Waals surface area contributed by atoms with Crippen molar-refractivity contribution >= 4 is 384 Å². The highest BCUT2D eigenvalue weighted by Gasteiger charge is 2.31. The lowest BCUT2D eigenvalue weighted by Crippen LogP contribution is -2.53. The lowest BCUT2D eigenvalue weighted by Gasteiger charge is -2.32. The maximum Gasteiger partial charge on any atom is 0.141 e. The molecule has 0 N–H and O–H groups in total. The fourth-order valence-electron chi connectivity index (χ4n) is 9.35. The van der Waals surface area contributed by atoms with Gasteiger partial charge in [0.15, 0.2) is 0 Å². The van der Waals surface area contributed by atoms with Crippen LogP contribution in [0.4, 0.5) is 0 Å². The monoisotopic (exact) mass is 760 g/mol. The Balaban J connectivity index is 1.63. The van der Waals surface area contributed by atoms with Crippen LogP contribution < -0.4 is 131 Å². The van der Waals surface area contributed by atoms with E-state index in [0.29, 0.717) is 0 Å². The topological polar surface area (TPSA) is 13.1 Å². The van der Waals surface area contributed by atoms with Crippen molar-refractivity contribution in [2.45, 2.75) is 0 Å². The lowest BCUT2D eigenvalue weighted by atomic mass is 9.56. The van der Waals surface area contributed by atoms with E-state index in [-0.39, 0.29) is 218 Å². The van der Waals surface area contributed by atoms with Crippen LogP contribution >= 0.6 is 0 Å². The van der Waals surface area contributed by atoms with E-state index in [1.54, 1.807) is 0 Å². The predicted octanol–water partition coefficient (Wildman–Crippen LogP) is -17.4. The minimum absolute atomic E-state index is 0.000782. The molecule has 25 heteroatoms. The molecule has 8 aromatic carbocycles. The minimum Gasteiger partial charge on any atom is -0.456 e. The Kier molecular flexibility index (Phi) is 10.9. The summed E-state index contributed by atoms with van der Waals surface area (Å²) in [5.41, 5.74) is -2.57. The van der Waals surface area contributed by atoms with Crippen molar-refractivity contribution in [2.24, 2.45) is 0 Å². The Labute approximate surface area is 408 Å². The minimum atomic E-state index is -0.167. The average Bonchev–Trinajstić information content (AvgIpc) is 3.68. The Hall–Kier alpha value is -3.84. The molecule has 9 rings (SSSR count). The largest absolute Gasteiger partial charge is 0.456 e. The van der Waals surface area contributed by atoms with Crippen LogP contribution in [0.5, 0.6) is 0 Å². The Morgan fingerprint density at radius 2 is 0.338 bits per heavy atom. The average molecular weight is 756 g/mol. The molecule has 9 aromatic rings. The molecule has 0 saturated carbocycles. The van der Waals surface area contributed by atoms with Gasteiger partial charge in [-0.1, -0.05) is 76.5 Å². The first-order chi connectivity index (χ1) is 30.3. The van der Waals surface area contributed by atoms with Crippen molar-refractivity contribution < 1.29 is 4.42 Å². The molecule has 48 radical (unpaired) electrons. The first kappa shape index (κ1) is 46.3. The second-order valence-electron chi connectivity index (χ2n) is 15.9. The zero-order chi connectivity index (χ0) is 47.8. The summed E-state index contributed by atoms with van der Waals surface area (Å²) in [6.45, 7) is 0. The molecule has 0 bridgehead atoms. The summed E-state index contributed by atoms with van der Waals surface area (Å²) < 4.78 is 6.59. The van der Waals surface area contributed by atoms with E-state index in [1.165, 1.54) is 0 Å². The second-order valence-corrected chi connectivity index (χ2v) is 15.9. The number of rotatable bonds is 2. The van der Waals surface area contributed by atoms with Crippen LogP contribution in [0.15, 0.2) is 4.42 Å². The third-order valence-electron chi connectivity index (χ3n) is 12.8. The summed E-state index contributed by atoms with van der Waals surface area (Å²) in [5, 5.41) is 0.910. The van der Waals surface area contributed by atoms with Crippen LogP contribution in [0, 0.1) is 0 Å². The Morgan fingerprint density at radius 1 is 0.138 bits per heavy atom. The van der Waals surface area contributed by atoms with Gasteiger partial charge in [0.2, 0.25) is 0 Å². The first-order valence-corrected chi connectivity index (χ1v) is 19.1. The van der Waals surface area contributed by atoms with Gasteiger partial charge in [-0.2, -0.15) is 0 Å². The molecular weight excluding hydrogens is 756 g/mol. The number of benzene rings is 8. The zero-order valence-corrected chi connectivity index (χ0v) is 34.3. The van der Waals surface area contributed by atoms with Gasteiger partial charge in [-0.25, -0.2) is 0 Å². The van der Waals surface area contributed by atoms with E-state index in [9.17, 15) is 0 Å². The summed E-state index contributed by atoms with van der Waals surface area (Å²) in [6, 6.07) is 0. The second kappa shape index (κ2) is 15.3. The number of hydrogen-bond acceptors (Lipinski definition) is 1. The summed E-state index contributed by atoms with van der Waals surface area (Å²) in [7, 11) is 161. The highest BCUT2D eigenvalue weighted by molar-refractivity contribution is 6.77. The van der Waals surface area contributed by atoms with Crippen molar-refractivity contribution in [3.8, 4) is 22.3 Å². The number of furan rings is 1. The molecule has 1 aromatic heterocycles. The Morgan fingerprint density at radius 3 is 0.723 bits per heavy atom. The standard InChI is InChI=1S/C40B24O/c41-15-5(8-10(23(49)30(15)56)24(50)36(62)35(61)20(8)46)1-3-6(18(44)33(59)31(57)16(3)42)2(7-4(1)17(43)32(58)34(60)19(7)45)9-21(47)27(53)14-13-26(52)22(48)11-12(39(13)65-40(14)29(9)55)28(54)38(64)37(63)25(11)51. The zero-order valence-electron chi connectivity index (χ0n) is 34.3. The van der Waals surface area contributed by atoms with Gasteiger partial charge in [-0.05, 0) is 65.4 Å². The molecule has 0 aliphatic rings. The fraction of sp³-hybridized carbons (Fsp3) is 0. The van der Waals surface area contributed by atoms with Crippen LogP contribution in [0.1, 0.15) is 0 Å². The van der Waals surface area contributed by atoms with Gasteiger partial charge in [0.05, 0.1) is 0 Å². The molecule has 0 fully saturated rings. The molecule has 238 valence electrons. The van der Waals surface area contributed by atoms with Gasteiger partial charge < -0.3 is 4.42 Å². The maximum atomic E-state index is 7.22. The maximum absolute atomic E-state index is 7.22. The molecule has 1 heterocycles. The summed E-state index contributed by atoms with van der Waals surface area (Å²) in [4.78, 5) is 0. The van der Waals surface area contributed by atoms with Gasteiger partial charge >= 0.3 is 0 Å². The predicted molar refractivity (Wildman–Crippen MR) is 304 cm³/mol. The van der Waals surface area contributed by atoms with Gasteiger partial charge in [0, 0.05) is 16.2 Å². The van der Waals surface area contributed by atoms with Crippen LogP contribution in [0.3, 0.4) is 0 Å². The quantitative estimate of drug-likeness (QED) is 0.126. The molecule has 0 saturated heterocycles. The van der Waals surface area contributed by atoms with Crippen LogP contribution in [0.25, 0.3) is 87.3 Å². The number of hydrogen-bond donors (Lipinski definition) is 0. The normalized spacial score (nSPS) is 11.9. The highest BCUT2D eigenvalue weighted by atomic mass is 16.3. The number of fused-ring (bicyclic) bond motifs is 8. The van der Waals surface area contributed by atoms with Crippen molar-refractivity contribution in [1.29, 1.82) is 0 Å². The molecule has 1 nitrogen and oxygen atoms in total. The highest BCUT2D eigenvalue weighted by Crippen LogP contribution is 2.41. The van der Waals surface area contributed by atoms with Crippen molar-refractivity contribution in [3.05, 3.63) is 0 Å². The molecule has 0 amide bonds. The molecule has 0 atom stereocenters. The SMILES string of the molecule is [B]c1c([B])c([B])c2c(-c3c4c([B])c([B])c([B])c([B])c4c(-c4c([B])c([B])c5c(oc6c7c([B])c([B])c([B])c([B])c7c([B])c([B])c65)c4[B])c4c([B])c([B])c([B])c([B])c34)c([B])c([B])c([B])c2c1[B]. The van der Waals surface area contributed by atoms with Gasteiger partial charge in [0.1, 0.15) is 199 Å². The summed E-state index contributed by atoms with van der Waals surface area (Å²) >= 11 is 0. The summed E-state index contributed by atoms with van der Waals surface area (Å²) in [6.07, 6.45) is 0. The van der Waals surface area contributed by atoms with Crippen LogP contribution in [-0.2, 0) is 0 Å². The van der Waals surface area contributed by atoms with E-state index >= 15 is 0 Å². The van der Waals surface area contributed by atoms with E-state index in [0.717, 1.165) is 0 Å². The molecular formula is C40B24O. The molecule has 0 unspecified atom stereocenters. The fourth-order valence-corrected chi connectivity index (χ4v) is 9.35. The third kappa shape index (κ3) is 5.75. The molecule has 0 aliphatic heterocycles. The molecule has 65 heavy (non-hydrogen) atoms. The van der Waals surface area contributed by atoms with Gasteiger partial charge in [-0.15, -0.1) is 49.2 Å². The van der Waals surface area contributed by atoms with E-state index < -0.39 is 0 Å². The van der Waals surface area contributed by atoms with E-state index in [2.05, 4.69) is 0 Å². The Bertz CT molecular complexity index is 3730. The lowest BCUT2D eigenvalue weighted by molar-refractivity contribution is 0.676. The van der Waals surface area contributed by atoms with Crippen LogP contribution in [0.2, 0.25) is 0 Å². The van der Waals surface area contributed by atoms with Gasteiger partial charge in [0.25, 0.3) is 0 Å². The van der Waals surface area contributed by atoms with Crippen molar-refractivity contribution in [2.75, 3.05) is 0 Å². The van der Waals surface area contributed by atoms with Crippen molar-refractivity contribution in [3.63, 3.8) is 0 Å². The van der Waals surface area contributed by atoms with Crippen LogP contribution in [-0.4, -0.2) is 188 Å². The van der Waals surface area contributed by atoms with E-state index in [1.807, 2.05) is 0 Å². The van der Waals surface area contributed by atoms with Crippen molar-refractivity contribution in [1.82, 2.24) is 0 Å². The first-order valence-electron chi connectivity index (χ1n) is 19.1.